The van der Waals surface area contributed by atoms with E-state index in [-0.39, 0.29) is 12.4 Å². The Morgan fingerprint density at radius 2 is 1.91 bits per heavy atom. The first kappa shape index (κ1) is 15.7. The molecule has 3 rings (SSSR count). The van der Waals surface area contributed by atoms with Crippen molar-refractivity contribution >= 4 is 45.1 Å². The maximum Gasteiger partial charge on any atom is 0.331 e. The maximum absolute atomic E-state index is 12.8. The van der Waals surface area contributed by atoms with Crippen molar-refractivity contribution in [2.45, 2.75) is 6.61 Å². The van der Waals surface area contributed by atoms with Crippen molar-refractivity contribution in [1.82, 2.24) is 0 Å². The number of carbonyl (C=O) groups is 1. The van der Waals surface area contributed by atoms with E-state index in [0.29, 0.717) is 5.02 Å². The van der Waals surface area contributed by atoms with Crippen LogP contribution < -0.4 is 0 Å². The predicted molar refractivity (Wildman–Crippen MR) is 92.1 cm³/mol. The molecule has 0 aliphatic heterocycles. The van der Waals surface area contributed by atoms with E-state index in [4.69, 9.17) is 16.3 Å². The fourth-order valence-electron chi connectivity index (χ4n) is 2.07. The zero-order valence-corrected chi connectivity index (χ0v) is 13.5. The molecule has 5 heteroatoms. The molecule has 1 aromatic heterocycles. The number of ether oxygens (including phenoxy) is 1. The molecule has 0 radical (unpaired) electrons. The second-order valence-electron chi connectivity index (χ2n) is 4.84. The Hall–Kier alpha value is -2.17. The van der Waals surface area contributed by atoms with Crippen molar-refractivity contribution in [3.63, 3.8) is 0 Å². The number of rotatable bonds is 4. The summed E-state index contributed by atoms with van der Waals surface area (Å²) in [6.45, 7) is 0.101. The minimum Gasteiger partial charge on any atom is -0.458 e. The predicted octanol–water partition coefficient (Wildman–Crippen LogP) is 5.45. The van der Waals surface area contributed by atoms with Crippen LogP contribution in [0.15, 0.2) is 54.6 Å². The van der Waals surface area contributed by atoms with Gasteiger partial charge in [0.05, 0.1) is 5.02 Å². The molecule has 2 aromatic carbocycles. The van der Waals surface area contributed by atoms with Crippen LogP contribution in [0, 0.1) is 5.82 Å². The van der Waals surface area contributed by atoms with E-state index in [1.165, 1.54) is 29.5 Å². The van der Waals surface area contributed by atoms with E-state index in [1.807, 2.05) is 24.3 Å². The molecule has 0 amide bonds. The fourth-order valence-corrected chi connectivity index (χ4v) is 3.47. The molecule has 2 nitrogen and oxygen atoms in total. The Bertz CT molecular complexity index is 868. The standard InChI is InChI=1S/C18H12ClFO2S/c19-18-14-3-1-2-4-15(14)23-16(18)9-10-17(21)22-11-12-5-7-13(20)8-6-12/h1-10H,11H2/b10-9+. The Morgan fingerprint density at radius 1 is 1.17 bits per heavy atom. The first-order chi connectivity index (χ1) is 11.1. The Kier molecular flexibility index (Phi) is 4.74. The summed E-state index contributed by atoms with van der Waals surface area (Å²) >= 11 is 7.81. The molecule has 3 aromatic rings. The van der Waals surface area contributed by atoms with Crippen molar-refractivity contribution in [1.29, 1.82) is 0 Å². The molecule has 0 aliphatic rings. The van der Waals surface area contributed by atoms with Gasteiger partial charge < -0.3 is 4.74 Å². The summed E-state index contributed by atoms with van der Waals surface area (Å²) in [4.78, 5) is 12.6. The number of benzene rings is 2. The van der Waals surface area contributed by atoms with Crippen LogP contribution in [0.2, 0.25) is 5.02 Å². The summed E-state index contributed by atoms with van der Waals surface area (Å²) in [5, 5.41) is 1.60. The Balaban J connectivity index is 1.65. The third-order valence-corrected chi connectivity index (χ3v) is 4.88. The average molecular weight is 347 g/mol. The van der Waals surface area contributed by atoms with Gasteiger partial charge in [-0.2, -0.15) is 0 Å². The number of esters is 1. The number of halogens is 2. The van der Waals surface area contributed by atoms with Gasteiger partial charge >= 0.3 is 5.97 Å². The topological polar surface area (TPSA) is 26.3 Å². The molecule has 0 unspecified atom stereocenters. The van der Waals surface area contributed by atoms with E-state index in [1.54, 1.807) is 18.2 Å². The van der Waals surface area contributed by atoms with Gasteiger partial charge in [-0.25, -0.2) is 9.18 Å². The summed E-state index contributed by atoms with van der Waals surface area (Å²) in [7, 11) is 0. The SMILES string of the molecule is O=C(/C=C/c1sc2ccccc2c1Cl)OCc1ccc(F)cc1. The number of thiophene rings is 1. The molecule has 116 valence electrons. The number of hydrogen-bond donors (Lipinski definition) is 0. The lowest BCUT2D eigenvalue weighted by Crippen LogP contribution is -2.00. The summed E-state index contributed by atoms with van der Waals surface area (Å²) in [6, 6.07) is 13.6. The van der Waals surface area contributed by atoms with Crippen LogP contribution in [0.3, 0.4) is 0 Å². The van der Waals surface area contributed by atoms with Crippen molar-refractivity contribution in [2.75, 3.05) is 0 Å². The highest BCUT2D eigenvalue weighted by Gasteiger charge is 2.08. The molecule has 0 saturated carbocycles. The third-order valence-electron chi connectivity index (χ3n) is 3.22. The van der Waals surface area contributed by atoms with Crippen LogP contribution in [0.4, 0.5) is 4.39 Å². The van der Waals surface area contributed by atoms with Gasteiger partial charge in [-0.3, -0.25) is 0 Å². The molecule has 0 N–H and O–H groups in total. The largest absolute Gasteiger partial charge is 0.458 e. The Labute approximate surface area is 141 Å². The number of hydrogen-bond acceptors (Lipinski definition) is 3. The zero-order valence-electron chi connectivity index (χ0n) is 12.0. The van der Waals surface area contributed by atoms with Gasteiger partial charge in [-0.1, -0.05) is 41.9 Å². The normalized spacial score (nSPS) is 11.2. The van der Waals surface area contributed by atoms with E-state index >= 15 is 0 Å². The van der Waals surface area contributed by atoms with Gasteiger partial charge in [0.2, 0.25) is 0 Å². The molecule has 0 bridgehead atoms. The van der Waals surface area contributed by atoms with Crippen LogP contribution in [0.5, 0.6) is 0 Å². The van der Waals surface area contributed by atoms with Crippen LogP contribution in [0.1, 0.15) is 10.4 Å². The highest BCUT2D eigenvalue weighted by atomic mass is 35.5. The van der Waals surface area contributed by atoms with Crippen LogP contribution >= 0.6 is 22.9 Å². The smallest absolute Gasteiger partial charge is 0.331 e. The number of carbonyl (C=O) groups excluding carboxylic acids is 1. The molecular formula is C18H12ClFO2S. The summed E-state index contributed by atoms with van der Waals surface area (Å²) in [5.74, 6) is -0.790. The van der Waals surface area contributed by atoms with Crippen LogP contribution in [-0.2, 0) is 16.1 Å². The quantitative estimate of drug-likeness (QED) is 0.464. The average Bonchev–Trinajstić information content (AvgIpc) is 2.89. The molecule has 0 spiro atoms. The molecular weight excluding hydrogens is 335 g/mol. The molecule has 0 atom stereocenters. The first-order valence-corrected chi connectivity index (χ1v) is 8.09. The summed E-state index contributed by atoms with van der Waals surface area (Å²) < 4.78 is 19.0. The van der Waals surface area contributed by atoms with Crippen molar-refractivity contribution in [3.05, 3.63) is 75.9 Å². The van der Waals surface area contributed by atoms with Gasteiger partial charge in [0.15, 0.2) is 0 Å². The lowest BCUT2D eigenvalue weighted by molar-refractivity contribution is -0.138. The zero-order chi connectivity index (χ0) is 16.2. The van der Waals surface area contributed by atoms with Gasteiger partial charge in [-0.05, 0) is 29.8 Å². The highest BCUT2D eigenvalue weighted by Crippen LogP contribution is 2.35. The lowest BCUT2D eigenvalue weighted by Gasteiger charge is -2.01. The second-order valence-corrected chi connectivity index (χ2v) is 6.31. The van der Waals surface area contributed by atoms with Gasteiger partial charge in [0.25, 0.3) is 0 Å². The second kappa shape index (κ2) is 6.94. The fraction of sp³-hybridized carbons (Fsp3) is 0.0556. The van der Waals surface area contributed by atoms with Crippen LogP contribution in [-0.4, -0.2) is 5.97 Å². The van der Waals surface area contributed by atoms with E-state index in [0.717, 1.165) is 20.5 Å². The first-order valence-electron chi connectivity index (χ1n) is 6.90. The van der Waals surface area contributed by atoms with E-state index in [9.17, 15) is 9.18 Å². The minimum atomic E-state index is -0.470. The highest BCUT2D eigenvalue weighted by molar-refractivity contribution is 7.20. The summed E-state index contributed by atoms with van der Waals surface area (Å²) in [6.07, 6.45) is 3.00. The third kappa shape index (κ3) is 3.78. The molecule has 1 heterocycles. The van der Waals surface area contributed by atoms with Crippen LogP contribution in [0.25, 0.3) is 16.2 Å². The van der Waals surface area contributed by atoms with Gasteiger partial charge in [0, 0.05) is 21.0 Å². The van der Waals surface area contributed by atoms with Crippen molar-refractivity contribution in [2.24, 2.45) is 0 Å². The molecule has 23 heavy (non-hydrogen) atoms. The van der Waals surface area contributed by atoms with E-state index in [2.05, 4.69) is 0 Å². The molecule has 0 aliphatic carbocycles. The summed E-state index contributed by atoms with van der Waals surface area (Å²) in [5.41, 5.74) is 0.730. The lowest BCUT2D eigenvalue weighted by atomic mass is 10.2. The van der Waals surface area contributed by atoms with Crippen molar-refractivity contribution in [3.8, 4) is 0 Å². The van der Waals surface area contributed by atoms with Crippen molar-refractivity contribution < 1.29 is 13.9 Å². The monoisotopic (exact) mass is 346 g/mol. The van der Waals surface area contributed by atoms with Gasteiger partial charge in [0.1, 0.15) is 12.4 Å². The van der Waals surface area contributed by atoms with E-state index < -0.39 is 5.97 Å². The molecule has 0 fully saturated rings. The van der Waals surface area contributed by atoms with Gasteiger partial charge in [-0.15, -0.1) is 11.3 Å². The minimum absolute atomic E-state index is 0.101. The maximum atomic E-state index is 12.8. The Morgan fingerprint density at radius 3 is 2.65 bits per heavy atom. The molecule has 0 saturated heterocycles. The number of fused-ring (bicyclic) bond motifs is 1.